The number of pyridine rings is 1. The lowest BCUT2D eigenvalue weighted by atomic mass is 9.91. The summed E-state index contributed by atoms with van der Waals surface area (Å²) in [5, 5.41) is 18.4. The van der Waals surface area contributed by atoms with Gasteiger partial charge in [0.15, 0.2) is 17.5 Å². The number of rotatable bonds is 3. The first-order valence-electron chi connectivity index (χ1n) is 10.5. The van der Waals surface area contributed by atoms with Gasteiger partial charge in [0.05, 0.1) is 12.1 Å². The third kappa shape index (κ3) is 3.11. The van der Waals surface area contributed by atoms with Crippen molar-refractivity contribution < 1.29 is 9.84 Å². The number of nitrogens with zero attached hydrogens (tertiary/aromatic N) is 3. The van der Waals surface area contributed by atoms with Gasteiger partial charge in [0.1, 0.15) is 6.61 Å². The van der Waals surface area contributed by atoms with Gasteiger partial charge in [-0.15, -0.1) is 0 Å². The van der Waals surface area contributed by atoms with E-state index in [0.29, 0.717) is 41.9 Å². The number of aromatic hydroxyl groups is 1. The molecule has 0 fully saturated rings. The highest BCUT2D eigenvalue weighted by atomic mass is 16.5. The van der Waals surface area contributed by atoms with Crippen molar-refractivity contribution in [2.24, 2.45) is 0 Å². The first-order valence-corrected chi connectivity index (χ1v) is 10.5. The summed E-state index contributed by atoms with van der Waals surface area (Å²) in [6.45, 7) is 1.23. The Morgan fingerprint density at radius 1 is 1.13 bits per heavy atom. The van der Waals surface area contributed by atoms with E-state index in [1.807, 2.05) is 0 Å². The summed E-state index contributed by atoms with van der Waals surface area (Å²) in [6, 6.07) is 12.2. The van der Waals surface area contributed by atoms with Crippen molar-refractivity contribution in [3.8, 4) is 23.0 Å². The maximum absolute atomic E-state index is 10.2. The number of nitrogens with one attached hydrogen (secondary N) is 3. The molecule has 0 radical (unpaired) electrons. The van der Waals surface area contributed by atoms with Gasteiger partial charge in [0, 0.05) is 28.8 Å². The van der Waals surface area contributed by atoms with Gasteiger partial charge >= 0.3 is 0 Å². The summed E-state index contributed by atoms with van der Waals surface area (Å²) >= 11 is 0. The highest BCUT2D eigenvalue weighted by Crippen LogP contribution is 2.38. The van der Waals surface area contributed by atoms with Crippen molar-refractivity contribution in [1.29, 1.82) is 0 Å². The van der Waals surface area contributed by atoms with E-state index in [4.69, 9.17) is 9.72 Å². The van der Waals surface area contributed by atoms with Gasteiger partial charge in [-0.25, -0.2) is 15.0 Å². The molecule has 0 amide bonds. The number of aryl methyl sites for hydroxylation is 1. The van der Waals surface area contributed by atoms with Crippen LogP contribution in [0.1, 0.15) is 17.7 Å². The van der Waals surface area contributed by atoms with E-state index in [-0.39, 0.29) is 11.9 Å². The van der Waals surface area contributed by atoms with E-state index < -0.39 is 0 Å². The summed E-state index contributed by atoms with van der Waals surface area (Å²) < 4.78 is 5.91. The molecule has 2 aliphatic rings. The Balaban J connectivity index is 1.36. The van der Waals surface area contributed by atoms with E-state index >= 15 is 0 Å². The van der Waals surface area contributed by atoms with Crippen LogP contribution in [0.3, 0.4) is 0 Å². The van der Waals surface area contributed by atoms with Crippen LogP contribution < -0.4 is 15.4 Å². The molecule has 0 spiro atoms. The first kappa shape index (κ1) is 18.0. The predicted molar refractivity (Wildman–Crippen MR) is 119 cm³/mol. The van der Waals surface area contributed by atoms with Crippen LogP contribution in [0.5, 0.6) is 11.6 Å². The third-order valence-corrected chi connectivity index (χ3v) is 5.97. The Morgan fingerprint density at radius 2 is 2.06 bits per heavy atom. The molecule has 1 aliphatic carbocycles. The van der Waals surface area contributed by atoms with Gasteiger partial charge < -0.3 is 25.5 Å². The number of aromatic amines is 1. The molecule has 1 aromatic carbocycles. The smallest absolute Gasteiger partial charge is 0.222 e. The minimum atomic E-state index is -0.0915. The Kier molecular flexibility index (Phi) is 4.15. The number of anilines is 2. The number of aromatic nitrogens is 4. The highest BCUT2D eigenvalue weighted by Gasteiger charge is 2.26. The van der Waals surface area contributed by atoms with Gasteiger partial charge in [-0.05, 0) is 43.0 Å². The maximum Gasteiger partial charge on any atom is 0.222 e. The molecule has 0 unspecified atom stereocenters. The van der Waals surface area contributed by atoms with E-state index in [9.17, 15) is 5.11 Å². The zero-order valence-electron chi connectivity index (χ0n) is 16.9. The molecular weight excluding hydrogens is 392 g/mol. The molecule has 1 aliphatic heterocycles. The Hall–Kier alpha value is -3.81. The SMILES string of the molecule is Oc1ncccc1-c1nc2c(c(N[C@@H]3CCc4[nH]c5ccccc5c4C3)n1)OCCN2. The largest absolute Gasteiger partial charge is 0.493 e. The van der Waals surface area contributed by atoms with Crippen LogP contribution in [0.2, 0.25) is 0 Å². The number of fused-ring (bicyclic) bond motifs is 4. The zero-order chi connectivity index (χ0) is 20.8. The topological polar surface area (TPSA) is 108 Å². The maximum atomic E-state index is 10.2. The number of para-hydroxylation sites is 1. The summed E-state index contributed by atoms with van der Waals surface area (Å²) in [7, 11) is 0. The van der Waals surface area contributed by atoms with Crippen LogP contribution in [0.4, 0.5) is 11.6 Å². The molecule has 4 aromatic rings. The average Bonchev–Trinajstić information content (AvgIpc) is 3.17. The van der Waals surface area contributed by atoms with Crippen LogP contribution in [0.15, 0.2) is 42.6 Å². The van der Waals surface area contributed by atoms with Gasteiger partial charge in [-0.1, -0.05) is 18.2 Å². The minimum absolute atomic E-state index is 0.0915. The van der Waals surface area contributed by atoms with Crippen LogP contribution in [0.25, 0.3) is 22.3 Å². The van der Waals surface area contributed by atoms with Gasteiger partial charge in [-0.3, -0.25) is 0 Å². The molecule has 0 saturated carbocycles. The van der Waals surface area contributed by atoms with Gasteiger partial charge in [0.2, 0.25) is 11.6 Å². The third-order valence-electron chi connectivity index (χ3n) is 5.97. The summed E-state index contributed by atoms with van der Waals surface area (Å²) in [6.07, 6.45) is 4.40. The first-order chi connectivity index (χ1) is 15.3. The second kappa shape index (κ2) is 7.16. The van der Waals surface area contributed by atoms with Crippen LogP contribution in [0, 0.1) is 0 Å². The second-order valence-electron chi connectivity index (χ2n) is 7.94. The fourth-order valence-corrected chi connectivity index (χ4v) is 4.51. The molecule has 31 heavy (non-hydrogen) atoms. The zero-order valence-corrected chi connectivity index (χ0v) is 16.9. The number of benzene rings is 1. The van der Waals surface area contributed by atoms with Crippen molar-refractivity contribution in [3.63, 3.8) is 0 Å². The second-order valence-corrected chi connectivity index (χ2v) is 7.94. The highest BCUT2D eigenvalue weighted by molar-refractivity contribution is 5.85. The van der Waals surface area contributed by atoms with Crippen molar-refractivity contribution in [3.05, 3.63) is 53.9 Å². The lowest BCUT2D eigenvalue weighted by Crippen LogP contribution is -2.29. The van der Waals surface area contributed by atoms with Crippen molar-refractivity contribution in [2.75, 3.05) is 23.8 Å². The van der Waals surface area contributed by atoms with Crippen LogP contribution in [-0.2, 0) is 12.8 Å². The minimum Gasteiger partial charge on any atom is -0.493 e. The molecule has 4 N–H and O–H groups in total. The number of ether oxygens (including phenoxy) is 1. The Labute approximate surface area is 178 Å². The number of hydrogen-bond donors (Lipinski definition) is 4. The van der Waals surface area contributed by atoms with E-state index in [1.54, 1.807) is 18.3 Å². The molecule has 4 heterocycles. The molecule has 8 nitrogen and oxygen atoms in total. The predicted octanol–water partition coefficient (Wildman–Crippen LogP) is 3.50. The van der Waals surface area contributed by atoms with Crippen molar-refractivity contribution in [1.82, 2.24) is 19.9 Å². The normalized spacial score (nSPS) is 17.4. The Morgan fingerprint density at radius 3 is 3.00 bits per heavy atom. The van der Waals surface area contributed by atoms with E-state index in [0.717, 1.165) is 19.3 Å². The lowest BCUT2D eigenvalue weighted by Gasteiger charge is -2.27. The van der Waals surface area contributed by atoms with Crippen LogP contribution in [-0.4, -0.2) is 44.2 Å². The summed E-state index contributed by atoms with van der Waals surface area (Å²) in [4.78, 5) is 16.8. The fourth-order valence-electron chi connectivity index (χ4n) is 4.51. The lowest BCUT2D eigenvalue weighted by molar-refractivity contribution is 0.321. The quantitative estimate of drug-likeness (QED) is 0.406. The molecule has 3 aromatic heterocycles. The molecule has 156 valence electrons. The van der Waals surface area contributed by atoms with Crippen molar-refractivity contribution >= 4 is 22.5 Å². The molecule has 6 rings (SSSR count). The standard InChI is InChI=1S/C23H22N6O2/c30-23-15(5-3-9-25-23)20-28-21-19(31-11-10-24-21)22(29-20)26-13-7-8-18-16(12-13)14-4-1-2-6-17(14)27-18/h1-6,9,13,27H,7-8,10-12H2,(H,25,30)(H2,24,26,28,29)/t13-/m1/s1. The molecule has 0 bridgehead atoms. The van der Waals surface area contributed by atoms with Crippen molar-refractivity contribution in [2.45, 2.75) is 25.3 Å². The van der Waals surface area contributed by atoms with E-state index in [1.165, 1.54) is 22.2 Å². The molecule has 1 atom stereocenters. The van der Waals surface area contributed by atoms with Gasteiger partial charge in [-0.2, -0.15) is 0 Å². The van der Waals surface area contributed by atoms with Gasteiger partial charge in [0.25, 0.3) is 0 Å². The van der Waals surface area contributed by atoms with Crippen LogP contribution >= 0.6 is 0 Å². The monoisotopic (exact) mass is 414 g/mol. The Bertz CT molecular complexity index is 1280. The van der Waals surface area contributed by atoms with E-state index in [2.05, 4.69) is 49.9 Å². The average molecular weight is 414 g/mol. The molecular formula is C23H22N6O2. The molecule has 8 heteroatoms. The summed E-state index contributed by atoms with van der Waals surface area (Å²) in [5.74, 6) is 2.22. The fraction of sp³-hybridized carbons (Fsp3) is 0.261. The summed E-state index contributed by atoms with van der Waals surface area (Å²) in [5.41, 5.74) is 4.37. The number of hydrogen-bond acceptors (Lipinski definition) is 7. The number of H-pyrrole nitrogens is 1. The molecule has 0 saturated heterocycles.